The Morgan fingerprint density at radius 1 is 0.629 bits per heavy atom. The minimum Gasteiger partial charge on any atom is -0.381 e. The van der Waals surface area contributed by atoms with E-state index in [4.69, 9.17) is 4.74 Å². The van der Waals surface area contributed by atoms with Crippen molar-refractivity contribution in [2.45, 2.75) is 166 Å². The third-order valence-corrected chi connectivity index (χ3v) is 11.1. The molecule has 0 radical (unpaired) electrons. The van der Waals surface area contributed by atoms with Gasteiger partial charge in [0.15, 0.2) is 0 Å². The standard InChI is InChI=1S/C32H60N2O/c1-5-31(3)23-25(27-17-7-9-19-29(27)33-31)15-11-13-21-35-22-14-12-16-26-24-32(4,6-2)34-30-20-10-8-18-28(26)30/h25-30,33-34H,5-24H2,1-4H3. The first kappa shape index (κ1) is 27.9. The Balaban J connectivity index is 1.09. The Hall–Kier alpha value is -0.120. The van der Waals surface area contributed by atoms with Crippen molar-refractivity contribution in [1.29, 1.82) is 0 Å². The Labute approximate surface area is 218 Å². The van der Waals surface area contributed by atoms with Crippen LogP contribution in [0.2, 0.25) is 0 Å². The molecule has 4 fully saturated rings. The van der Waals surface area contributed by atoms with Crippen LogP contribution in [0, 0.1) is 23.7 Å². The Bertz CT molecular complexity index is 573. The molecule has 8 atom stereocenters. The number of rotatable bonds is 12. The maximum atomic E-state index is 6.13. The zero-order chi connectivity index (χ0) is 24.7. The number of unbranched alkanes of at least 4 members (excludes halogenated alkanes) is 2. The van der Waals surface area contributed by atoms with Gasteiger partial charge in [-0.3, -0.25) is 0 Å². The van der Waals surface area contributed by atoms with Crippen LogP contribution in [0.4, 0.5) is 0 Å². The van der Waals surface area contributed by atoms with E-state index >= 15 is 0 Å². The monoisotopic (exact) mass is 488 g/mol. The fraction of sp³-hybridized carbons (Fsp3) is 1.00. The molecule has 2 aliphatic heterocycles. The van der Waals surface area contributed by atoms with Gasteiger partial charge in [0.25, 0.3) is 0 Å². The molecule has 2 aliphatic carbocycles. The lowest BCUT2D eigenvalue weighted by atomic mass is 9.66. The van der Waals surface area contributed by atoms with E-state index in [9.17, 15) is 0 Å². The predicted molar refractivity (Wildman–Crippen MR) is 150 cm³/mol. The molecule has 4 aliphatic rings. The topological polar surface area (TPSA) is 33.3 Å². The highest BCUT2D eigenvalue weighted by Gasteiger charge is 2.43. The molecule has 3 heteroatoms. The van der Waals surface area contributed by atoms with Crippen molar-refractivity contribution in [2.24, 2.45) is 23.7 Å². The summed E-state index contributed by atoms with van der Waals surface area (Å²) in [7, 11) is 0. The van der Waals surface area contributed by atoms with Crippen LogP contribution in [0.3, 0.4) is 0 Å². The highest BCUT2D eigenvalue weighted by molar-refractivity contribution is 5.00. The van der Waals surface area contributed by atoms with Crippen molar-refractivity contribution in [3.8, 4) is 0 Å². The van der Waals surface area contributed by atoms with Gasteiger partial charge in [-0.1, -0.05) is 52.4 Å². The summed E-state index contributed by atoms with van der Waals surface area (Å²) in [5, 5.41) is 8.12. The summed E-state index contributed by atoms with van der Waals surface area (Å²) in [5.41, 5.74) is 0.751. The van der Waals surface area contributed by atoms with Gasteiger partial charge in [-0.2, -0.15) is 0 Å². The van der Waals surface area contributed by atoms with Crippen molar-refractivity contribution < 1.29 is 4.74 Å². The van der Waals surface area contributed by atoms with Crippen LogP contribution in [0.15, 0.2) is 0 Å². The third kappa shape index (κ3) is 7.47. The molecule has 0 spiro atoms. The number of piperidine rings is 2. The van der Waals surface area contributed by atoms with E-state index in [0.29, 0.717) is 11.1 Å². The van der Waals surface area contributed by atoms with Crippen LogP contribution < -0.4 is 10.6 Å². The predicted octanol–water partition coefficient (Wildman–Crippen LogP) is 8.02. The molecule has 0 aromatic heterocycles. The van der Waals surface area contributed by atoms with Crippen LogP contribution in [-0.4, -0.2) is 36.4 Å². The van der Waals surface area contributed by atoms with E-state index in [1.807, 2.05) is 0 Å². The van der Waals surface area contributed by atoms with E-state index in [1.165, 1.54) is 116 Å². The molecule has 0 aromatic carbocycles. The number of nitrogens with one attached hydrogen (secondary N) is 2. The molecule has 8 unspecified atom stereocenters. The van der Waals surface area contributed by atoms with Crippen LogP contribution in [0.25, 0.3) is 0 Å². The van der Waals surface area contributed by atoms with Crippen molar-refractivity contribution in [3.05, 3.63) is 0 Å². The van der Waals surface area contributed by atoms with Gasteiger partial charge in [0.1, 0.15) is 0 Å². The minimum atomic E-state index is 0.375. The first-order valence-electron chi connectivity index (χ1n) is 16.1. The van der Waals surface area contributed by atoms with E-state index in [-0.39, 0.29) is 0 Å². The molecule has 204 valence electrons. The first-order valence-corrected chi connectivity index (χ1v) is 16.1. The van der Waals surface area contributed by atoms with Gasteiger partial charge in [-0.05, 0) is 115 Å². The second-order valence-electron chi connectivity index (χ2n) is 13.8. The quantitative estimate of drug-likeness (QED) is 0.273. The molecule has 2 saturated carbocycles. The number of fused-ring (bicyclic) bond motifs is 2. The maximum absolute atomic E-state index is 6.13. The maximum Gasteiger partial charge on any atom is 0.0466 e. The normalized spacial score (nSPS) is 41.8. The Morgan fingerprint density at radius 3 is 1.49 bits per heavy atom. The molecular formula is C32H60N2O. The molecule has 0 amide bonds. The van der Waals surface area contributed by atoms with Crippen molar-refractivity contribution in [3.63, 3.8) is 0 Å². The smallest absolute Gasteiger partial charge is 0.0466 e. The molecule has 0 bridgehead atoms. The molecule has 2 N–H and O–H groups in total. The molecule has 35 heavy (non-hydrogen) atoms. The van der Waals surface area contributed by atoms with Crippen molar-refractivity contribution in [2.75, 3.05) is 13.2 Å². The van der Waals surface area contributed by atoms with Crippen LogP contribution in [0.1, 0.15) is 143 Å². The summed E-state index contributed by atoms with van der Waals surface area (Å²) >= 11 is 0. The van der Waals surface area contributed by atoms with Gasteiger partial charge in [0.05, 0.1) is 0 Å². The number of ether oxygens (including phenoxy) is 1. The van der Waals surface area contributed by atoms with Crippen LogP contribution in [0.5, 0.6) is 0 Å². The molecular weight excluding hydrogens is 428 g/mol. The zero-order valence-corrected chi connectivity index (χ0v) is 24.0. The van der Waals surface area contributed by atoms with Crippen LogP contribution >= 0.6 is 0 Å². The second kappa shape index (κ2) is 13.1. The minimum absolute atomic E-state index is 0.375. The fourth-order valence-electron chi connectivity index (χ4n) is 8.73. The highest BCUT2D eigenvalue weighted by atomic mass is 16.5. The van der Waals surface area contributed by atoms with E-state index < -0.39 is 0 Å². The summed E-state index contributed by atoms with van der Waals surface area (Å²) in [4.78, 5) is 0. The summed E-state index contributed by atoms with van der Waals surface area (Å²) < 4.78 is 6.13. The van der Waals surface area contributed by atoms with E-state index in [1.54, 1.807) is 0 Å². The molecule has 3 nitrogen and oxygen atoms in total. The highest BCUT2D eigenvalue weighted by Crippen LogP contribution is 2.44. The third-order valence-electron chi connectivity index (χ3n) is 11.1. The number of hydrogen-bond donors (Lipinski definition) is 2. The summed E-state index contributed by atoms with van der Waals surface area (Å²) in [6.07, 6.45) is 25.0. The van der Waals surface area contributed by atoms with Gasteiger partial charge in [0.2, 0.25) is 0 Å². The lowest BCUT2D eigenvalue weighted by Crippen LogP contribution is -2.59. The van der Waals surface area contributed by atoms with Gasteiger partial charge in [0, 0.05) is 36.4 Å². The molecule has 4 rings (SSSR count). The SMILES string of the molecule is CCC1(C)CC(CCCCOCCCCC2CC(C)(CC)NC3CCCCC23)C2CCCCC2N1. The van der Waals surface area contributed by atoms with Crippen LogP contribution in [-0.2, 0) is 4.74 Å². The van der Waals surface area contributed by atoms with Crippen molar-refractivity contribution in [1.82, 2.24) is 10.6 Å². The first-order chi connectivity index (χ1) is 17.0. The summed E-state index contributed by atoms with van der Waals surface area (Å²) in [5.74, 6) is 3.76. The van der Waals surface area contributed by atoms with E-state index in [2.05, 4.69) is 38.3 Å². The number of hydrogen-bond acceptors (Lipinski definition) is 3. The van der Waals surface area contributed by atoms with Gasteiger partial charge < -0.3 is 15.4 Å². The molecule has 2 saturated heterocycles. The van der Waals surface area contributed by atoms with Gasteiger partial charge >= 0.3 is 0 Å². The Kier molecular flexibility index (Phi) is 10.4. The largest absolute Gasteiger partial charge is 0.381 e. The van der Waals surface area contributed by atoms with E-state index in [0.717, 1.165) is 49.0 Å². The lowest BCUT2D eigenvalue weighted by Gasteiger charge is -2.50. The van der Waals surface area contributed by atoms with Gasteiger partial charge in [-0.15, -0.1) is 0 Å². The summed E-state index contributed by atoms with van der Waals surface area (Å²) in [6.45, 7) is 11.7. The van der Waals surface area contributed by atoms with Gasteiger partial charge in [-0.25, -0.2) is 0 Å². The second-order valence-corrected chi connectivity index (χ2v) is 13.8. The average molecular weight is 489 g/mol. The Morgan fingerprint density at radius 2 is 1.06 bits per heavy atom. The molecule has 0 aromatic rings. The lowest BCUT2D eigenvalue weighted by molar-refractivity contribution is 0.0527. The van der Waals surface area contributed by atoms with Crippen molar-refractivity contribution >= 4 is 0 Å². The molecule has 2 heterocycles. The summed E-state index contributed by atoms with van der Waals surface area (Å²) in [6, 6.07) is 1.59. The zero-order valence-electron chi connectivity index (χ0n) is 24.0. The average Bonchev–Trinajstić information content (AvgIpc) is 2.87. The fourth-order valence-corrected chi connectivity index (χ4v) is 8.73.